The van der Waals surface area contributed by atoms with E-state index in [9.17, 15) is 9.59 Å². The van der Waals surface area contributed by atoms with E-state index in [-0.39, 0.29) is 17.7 Å². The number of carbonyl (C=O) groups is 2. The molecule has 2 unspecified atom stereocenters. The fourth-order valence-corrected chi connectivity index (χ4v) is 3.50. The summed E-state index contributed by atoms with van der Waals surface area (Å²) in [6.45, 7) is 0.448. The fourth-order valence-electron chi connectivity index (χ4n) is 2.36. The zero-order valence-electron chi connectivity index (χ0n) is 9.69. The smallest absolute Gasteiger partial charge is 0.306 e. The van der Waals surface area contributed by atoms with E-state index in [0.29, 0.717) is 12.1 Å². The Morgan fingerprint density at radius 3 is 2.89 bits per heavy atom. The standard InChI is InChI=1S/C12H14BrNO3S/c13-10-4-8(6-18-10)11(15)14-5-7-2-1-3-9(7)12(16)17/h4,6-7,9H,1-3,5H2,(H,14,15)(H,16,17). The lowest BCUT2D eigenvalue weighted by Crippen LogP contribution is -2.32. The minimum atomic E-state index is -0.745. The molecule has 0 bridgehead atoms. The number of nitrogens with one attached hydrogen (secondary N) is 1. The summed E-state index contributed by atoms with van der Waals surface area (Å²) in [4.78, 5) is 22.8. The first kappa shape index (κ1) is 13.5. The molecule has 2 atom stereocenters. The van der Waals surface area contributed by atoms with Gasteiger partial charge in [0, 0.05) is 11.9 Å². The van der Waals surface area contributed by atoms with Gasteiger partial charge in [-0.25, -0.2) is 0 Å². The Kier molecular flexibility index (Phi) is 4.40. The Bertz CT molecular complexity index is 460. The van der Waals surface area contributed by atoms with Crippen molar-refractivity contribution in [3.63, 3.8) is 0 Å². The summed E-state index contributed by atoms with van der Waals surface area (Å²) in [5.74, 6) is -1.12. The van der Waals surface area contributed by atoms with E-state index in [1.165, 1.54) is 11.3 Å². The predicted molar refractivity (Wildman–Crippen MR) is 72.8 cm³/mol. The normalized spacial score (nSPS) is 22.9. The van der Waals surface area contributed by atoms with Crippen molar-refractivity contribution in [2.24, 2.45) is 11.8 Å². The van der Waals surface area contributed by atoms with Crippen LogP contribution in [0.5, 0.6) is 0 Å². The molecule has 1 aliphatic carbocycles. The molecule has 1 saturated carbocycles. The molecule has 1 heterocycles. The molecule has 1 aromatic heterocycles. The van der Waals surface area contributed by atoms with Crippen molar-refractivity contribution < 1.29 is 14.7 Å². The minimum absolute atomic E-state index is 0.0635. The Balaban J connectivity index is 1.88. The second-order valence-electron chi connectivity index (χ2n) is 4.49. The number of halogens is 1. The van der Waals surface area contributed by atoms with Gasteiger partial charge in [0.05, 0.1) is 15.3 Å². The maximum Gasteiger partial charge on any atom is 0.306 e. The average Bonchev–Trinajstić information content (AvgIpc) is 2.94. The fraction of sp³-hybridized carbons (Fsp3) is 0.500. The van der Waals surface area contributed by atoms with Crippen LogP contribution in [0.25, 0.3) is 0 Å². The Labute approximate surface area is 118 Å². The van der Waals surface area contributed by atoms with Crippen molar-refractivity contribution >= 4 is 39.1 Å². The third-order valence-electron chi connectivity index (χ3n) is 3.33. The van der Waals surface area contributed by atoms with Gasteiger partial charge in [-0.3, -0.25) is 9.59 Å². The summed E-state index contributed by atoms with van der Waals surface area (Å²) >= 11 is 4.77. The van der Waals surface area contributed by atoms with E-state index in [1.807, 2.05) is 0 Å². The minimum Gasteiger partial charge on any atom is -0.481 e. The lowest BCUT2D eigenvalue weighted by Gasteiger charge is -2.15. The number of rotatable bonds is 4. The molecule has 1 amide bonds. The average molecular weight is 332 g/mol. The Morgan fingerprint density at radius 1 is 1.50 bits per heavy atom. The summed E-state index contributed by atoms with van der Waals surface area (Å²) in [6.07, 6.45) is 2.53. The number of hydrogen-bond donors (Lipinski definition) is 2. The van der Waals surface area contributed by atoms with Crippen LogP contribution in [0.1, 0.15) is 29.6 Å². The van der Waals surface area contributed by atoms with Crippen LogP contribution in [0.2, 0.25) is 0 Å². The summed E-state index contributed by atoms with van der Waals surface area (Å²) < 4.78 is 0.914. The zero-order valence-corrected chi connectivity index (χ0v) is 12.1. The third kappa shape index (κ3) is 3.11. The molecule has 2 N–H and O–H groups in total. The van der Waals surface area contributed by atoms with Crippen molar-refractivity contribution in [1.82, 2.24) is 5.32 Å². The number of carboxylic acids is 1. The summed E-state index contributed by atoms with van der Waals surface area (Å²) in [7, 11) is 0. The molecule has 0 radical (unpaired) electrons. The van der Waals surface area contributed by atoms with E-state index in [4.69, 9.17) is 5.11 Å². The van der Waals surface area contributed by atoms with Gasteiger partial charge in [0.25, 0.3) is 5.91 Å². The lowest BCUT2D eigenvalue weighted by molar-refractivity contribution is -0.142. The summed E-state index contributed by atoms with van der Waals surface area (Å²) in [6, 6.07) is 1.77. The van der Waals surface area contributed by atoms with Crippen LogP contribution in [0.3, 0.4) is 0 Å². The molecule has 1 fully saturated rings. The van der Waals surface area contributed by atoms with Gasteiger partial charge in [0.2, 0.25) is 0 Å². The molecule has 6 heteroatoms. The molecular formula is C12H14BrNO3S. The molecule has 4 nitrogen and oxygen atoms in total. The van der Waals surface area contributed by atoms with Crippen LogP contribution in [0.15, 0.2) is 15.2 Å². The van der Waals surface area contributed by atoms with Gasteiger partial charge in [-0.05, 0) is 40.8 Å². The summed E-state index contributed by atoms with van der Waals surface area (Å²) in [5.41, 5.74) is 0.622. The van der Waals surface area contributed by atoms with Crippen molar-refractivity contribution in [2.75, 3.05) is 6.54 Å². The van der Waals surface area contributed by atoms with Crippen LogP contribution in [-0.2, 0) is 4.79 Å². The van der Waals surface area contributed by atoms with Crippen LogP contribution >= 0.6 is 27.3 Å². The highest BCUT2D eigenvalue weighted by molar-refractivity contribution is 9.11. The highest BCUT2D eigenvalue weighted by atomic mass is 79.9. The molecule has 0 aromatic carbocycles. The van der Waals surface area contributed by atoms with Gasteiger partial charge in [0.1, 0.15) is 0 Å². The molecule has 18 heavy (non-hydrogen) atoms. The van der Waals surface area contributed by atoms with Crippen LogP contribution < -0.4 is 5.32 Å². The number of carbonyl (C=O) groups excluding carboxylic acids is 1. The van der Waals surface area contributed by atoms with E-state index < -0.39 is 5.97 Å². The van der Waals surface area contributed by atoms with E-state index in [2.05, 4.69) is 21.2 Å². The highest BCUT2D eigenvalue weighted by Gasteiger charge is 2.32. The first-order chi connectivity index (χ1) is 8.58. The van der Waals surface area contributed by atoms with E-state index >= 15 is 0 Å². The largest absolute Gasteiger partial charge is 0.481 e. The van der Waals surface area contributed by atoms with Crippen molar-refractivity contribution in [2.45, 2.75) is 19.3 Å². The highest BCUT2D eigenvalue weighted by Crippen LogP contribution is 2.31. The Morgan fingerprint density at radius 2 is 2.28 bits per heavy atom. The lowest BCUT2D eigenvalue weighted by atomic mass is 9.96. The maximum absolute atomic E-state index is 11.8. The predicted octanol–water partition coefficient (Wildman–Crippen LogP) is 2.74. The van der Waals surface area contributed by atoms with Crippen LogP contribution in [0, 0.1) is 11.8 Å². The van der Waals surface area contributed by atoms with Crippen molar-refractivity contribution in [3.05, 3.63) is 20.8 Å². The van der Waals surface area contributed by atoms with Gasteiger partial charge >= 0.3 is 5.97 Å². The number of amides is 1. The number of aliphatic carboxylic acids is 1. The zero-order chi connectivity index (χ0) is 13.1. The molecule has 1 aliphatic rings. The number of hydrogen-bond acceptors (Lipinski definition) is 3. The second-order valence-corrected chi connectivity index (χ2v) is 6.78. The first-order valence-electron chi connectivity index (χ1n) is 5.83. The van der Waals surface area contributed by atoms with Gasteiger partial charge in [0.15, 0.2) is 0 Å². The van der Waals surface area contributed by atoms with Gasteiger partial charge in [-0.15, -0.1) is 11.3 Å². The third-order valence-corrected chi connectivity index (χ3v) is 4.84. The van der Waals surface area contributed by atoms with E-state index in [1.54, 1.807) is 11.4 Å². The molecule has 0 spiro atoms. The molecule has 0 saturated heterocycles. The number of carboxylic acid groups (broad SMARTS) is 1. The van der Waals surface area contributed by atoms with Crippen LogP contribution in [-0.4, -0.2) is 23.5 Å². The SMILES string of the molecule is O=C(NCC1CCCC1C(=O)O)c1csc(Br)c1. The monoisotopic (exact) mass is 331 g/mol. The van der Waals surface area contributed by atoms with Crippen molar-refractivity contribution in [1.29, 1.82) is 0 Å². The number of thiophene rings is 1. The molecule has 0 aliphatic heterocycles. The first-order valence-corrected chi connectivity index (χ1v) is 7.50. The summed E-state index contributed by atoms with van der Waals surface area (Å²) in [5, 5.41) is 13.7. The van der Waals surface area contributed by atoms with E-state index in [0.717, 1.165) is 23.0 Å². The van der Waals surface area contributed by atoms with Gasteiger partial charge in [-0.2, -0.15) is 0 Å². The molecule has 98 valence electrons. The van der Waals surface area contributed by atoms with Crippen molar-refractivity contribution in [3.8, 4) is 0 Å². The molecule has 2 rings (SSSR count). The van der Waals surface area contributed by atoms with Gasteiger partial charge in [-0.1, -0.05) is 6.42 Å². The maximum atomic E-state index is 11.8. The second kappa shape index (κ2) is 5.84. The molecule has 1 aromatic rings. The van der Waals surface area contributed by atoms with Gasteiger partial charge < -0.3 is 10.4 Å². The topological polar surface area (TPSA) is 66.4 Å². The quantitative estimate of drug-likeness (QED) is 0.891. The Hall–Kier alpha value is -0.880. The molecular weight excluding hydrogens is 318 g/mol. The van der Waals surface area contributed by atoms with Crippen LogP contribution in [0.4, 0.5) is 0 Å².